The molecule has 32 heavy (non-hydrogen) atoms. The van der Waals surface area contributed by atoms with Crippen molar-refractivity contribution in [3.8, 4) is 0 Å². The van der Waals surface area contributed by atoms with Crippen molar-refractivity contribution in [2.75, 3.05) is 0 Å². The smallest absolute Gasteiger partial charge is 0.310 e. The summed E-state index contributed by atoms with van der Waals surface area (Å²) in [6, 6.07) is 0. The molecule has 2 aliphatic rings. The largest absolute Gasteiger partial charge is 0.481 e. The van der Waals surface area contributed by atoms with Crippen LogP contribution in [-0.4, -0.2) is 58.6 Å². The third-order valence-electron chi connectivity index (χ3n) is 5.37. The molecule has 2 N–H and O–H groups in total. The second kappa shape index (κ2) is 12.2. The van der Waals surface area contributed by atoms with Crippen LogP contribution in [0.3, 0.4) is 0 Å². The molecule has 0 aliphatic carbocycles. The Bertz CT molecular complexity index is 800. The number of aliphatic hydroxyl groups is 1. The normalized spacial score (nSPS) is 30.3. The monoisotopic (exact) mass is 470 g/mol. The van der Waals surface area contributed by atoms with Crippen molar-refractivity contribution in [3.63, 3.8) is 0 Å². The summed E-state index contributed by atoms with van der Waals surface area (Å²) < 4.78 is 16.9. The van der Waals surface area contributed by atoms with Gasteiger partial charge in [-0.2, -0.15) is 0 Å². The molecule has 0 aromatic heterocycles. The maximum absolute atomic E-state index is 12.7. The van der Waals surface area contributed by atoms with Gasteiger partial charge in [0, 0.05) is 18.4 Å². The zero-order valence-corrected chi connectivity index (χ0v) is 19.3. The Hall–Kier alpha value is -2.16. The molecule has 0 amide bonds. The van der Waals surface area contributed by atoms with Gasteiger partial charge < -0.3 is 24.4 Å². The lowest BCUT2D eigenvalue weighted by molar-refractivity contribution is -0.159. The predicted molar refractivity (Wildman–Crippen MR) is 117 cm³/mol. The highest BCUT2D eigenvalue weighted by Crippen LogP contribution is 2.31. The van der Waals surface area contributed by atoms with Crippen molar-refractivity contribution in [3.05, 3.63) is 34.4 Å². The molecule has 2 unspecified atom stereocenters. The second-order valence-electron chi connectivity index (χ2n) is 8.24. The molecule has 9 heteroatoms. The molecule has 2 heterocycles. The minimum Gasteiger partial charge on any atom is -0.481 e. The maximum Gasteiger partial charge on any atom is 0.310 e. The summed E-state index contributed by atoms with van der Waals surface area (Å²) in [7, 11) is 0. The van der Waals surface area contributed by atoms with Crippen LogP contribution < -0.4 is 0 Å². The van der Waals surface area contributed by atoms with Gasteiger partial charge in [0.2, 0.25) is 0 Å². The van der Waals surface area contributed by atoms with Crippen LogP contribution in [0.1, 0.15) is 59.3 Å². The molecule has 2 aliphatic heterocycles. The molecule has 0 radical (unpaired) electrons. The van der Waals surface area contributed by atoms with Gasteiger partial charge >= 0.3 is 17.9 Å². The number of aliphatic carboxylic acids is 1. The Balaban J connectivity index is 2.25. The fraction of sp³-hybridized carbons (Fsp3) is 0.609. The number of carbonyl (C=O) groups is 3. The topological polar surface area (TPSA) is 119 Å². The Morgan fingerprint density at radius 1 is 1.34 bits per heavy atom. The van der Waals surface area contributed by atoms with Crippen LogP contribution in [0.5, 0.6) is 0 Å². The fourth-order valence-corrected chi connectivity index (χ4v) is 4.01. The van der Waals surface area contributed by atoms with Crippen LogP contribution in [0.25, 0.3) is 0 Å². The van der Waals surface area contributed by atoms with E-state index in [0.717, 1.165) is 0 Å². The number of fused-ring (bicyclic) bond motifs is 2. The molecule has 2 bridgehead atoms. The van der Waals surface area contributed by atoms with Gasteiger partial charge in [0.05, 0.1) is 18.9 Å². The number of aliphatic hydroxyl groups excluding tert-OH is 1. The molecule has 2 rings (SSSR count). The van der Waals surface area contributed by atoms with Crippen LogP contribution >= 0.6 is 11.6 Å². The van der Waals surface area contributed by atoms with E-state index >= 15 is 0 Å². The molecular weight excluding hydrogens is 440 g/mol. The minimum absolute atomic E-state index is 0.169. The number of hydrogen-bond donors (Lipinski definition) is 2. The summed E-state index contributed by atoms with van der Waals surface area (Å²) >= 11 is 6.32. The van der Waals surface area contributed by atoms with Crippen LogP contribution in [0.2, 0.25) is 0 Å². The third-order valence-corrected chi connectivity index (χ3v) is 5.71. The highest BCUT2D eigenvalue weighted by molar-refractivity contribution is 6.29. The number of carboxylic acid groups (broad SMARTS) is 1. The third kappa shape index (κ3) is 8.41. The first-order chi connectivity index (χ1) is 15.0. The van der Waals surface area contributed by atoms with Crippen molar-refractivity contribution >= 4 is 29.5 Å². The van der Waals surface area contributed by atoms with E-state index in [2.05, 4.69) is 0 Å². The van der Waals surface area contributed by atoms with Crippen LogP contribution in [-0.2, 0) is 28.6 Å². The van der Waals surface area contributed by atoms with E-state index in [0.29, 0.717) is 41.9 Å². The molecule has 0 saturated carbocycles. The first-order valence-corrected chi connectivity index (χ1v) is 11.0. The lowest BCUT2D eigenvalue weighted by Crippen LogP contribution is -2.37. The van der Waals surface area contributed by atoms with Gasteiger partial charge in [-0.15, -0.1) is 0 Å². The molecular formula is C23H31ClO8. The number of halogens is 1. The average molecular weight is 471 g/mol. The van der Waals surface area contributed by atoms with Crippen LogP contribution in [0, 0.1) is 0 Å². The van der Waals surface area contributed by atoms with Gasteiger partial charge in [-0.25, -0.2) is 0 Å². The van der Waals surface area contributed by atoms with Crippen molar-refractivity contribution in [1.29, 1.82) is 0 Å². The maximum atomic E-state index is 12.7. The highest BCUT2D eigenvalue weighted by atomic mass is 35.5. The van der Waals surface area contributed by atoms with Crippen LogP contribution in [0.4, 0.5) is 0 Å². The average Bonchev–Trinajstić information content (AvgIpc) is 3.06. The highest BCUT2D eigenvalue weighted by Gasteiger charge is 2.41. The van der Waals surface area contributed by atoms with E-state index in [-0.39, 0.29) is 18.9 Å². The predicted octanol–water partition coefficient (Wildman–Crippen LogP) is 3.41. The number of allylic oxidation sites excluding steroid dienone is 3. The zero-order valence-electron chi connectivity index (χ0n) is 18.6. The van der Waals surface area contributed by atoms with Crippen molar-refractivity contribution in [2.24, 2.45) is 0 Å². The second-order valence-corrected chi connectivity index (χ2v) is 8.72. The van der Waals surface area contributed by atoms with Gasteiger partial charge in [-0.05, 0) is 38.7 Å². The summed E-state index contributed by atoms with van der Waals surface area (Å²) in [6.07, 6.45) is 3.01. The van der Waals surface area contributed by atoms with Crippen molar-refractivity contribution in [1.82, 2.24) is 0 Å². The Labute approximate surface area is 192 Å². The number of rotatable bonds is 5. The van der Waals surface area contributed by atoms with Crippen molar-refractivity contribution in [2.45, 2.75) is 89.8 Å². The zero-order chi connectivity index (χ0) is 23.8. The van der Waals surface area contributed by atoms with E-state index in [4.69, 9.17) is 30.9 Å². The molecule has 0 aromatic rings. The molecule has 1 fully saturated rings. The van der Waals surface area contributed by atoms with Gasteiger partial charge in [0.15, 0.2) is 0 Å². The molecule has 1 saturated heterocycles. The number of hydrogen-bond acceptors (Lipinski definition) is 7. The summed E-state index contributed by atoms with van der Waals surface area (Å²) in [5, 5.41) is 20.3. The van der Waals surface area contributed by atoms with Gasteiger partial charge in [0.25, 0.3) is 0 Å². The summed E-state index contributed by atoms with van der Waals surface area (Å²) in [5.41, 5.74) is 1.17. The summed E-state index contributed by atoms with van der Waals surface area (Å²) in [5.74, 6) is -2.10. The first kappa shape index (κ1) is 26.1. The summed E-state index contributed by atoms with van der Waals surface area (Å²) in [4.78, 5) is 35.1. The number of carbonyl (C=O) groups excluding carboxylic acids is 2. The molecule has 178 valence electrons. The number of esters is 2. The van der Waals surface area contributed by atoms with Crippen molar-refractivity contribution < 1.29 is 38.8 Å². The Morgan fingerprint density at radius 2 is 2.06 bits per heavy atom. The van der Waals surface area contributed by atoms with E-state index in [1.54, 1.807) is 13.8 Å². The quantitative estimate of drug-likeness (QED) is 0.463. The van der Waals surface area contributed by atoms with E-state index in [1.165, 1.54) is 13.0 Å². The molecule has 5 atom stereocenters. The van der Waals surface area contributed by atoms with E-state index in [9.17, 15) is 19.5 Å². The fourth-order valence-electron chi connectivity index (χ4n) is 3.81. The molecule has 0 aromatic carbocycles. The lowest BCUT2D eigenvalue weighted by atomic mass is 10.0. The van der Waals surface area contributed by atoms with Crippen LogP contribution in [0.15, 0.2) is 34.4 Å². The minimum atomic E-state index is -1.15. The number of carboxylic acids is 1. The van der Waals surface area contributed by atoms with Gasteiger partial charge in [-0.3, -0.25) is 14.4 Å². The van der Waals surface area contributed by atoms with Gasteiger partial charge in [-0.1, -0.05) is 35.4 Å². The van der Waals surface area contributed by atoms with E-state index in [1.807, 2.05) is 12.2 Å². The summed E-state index contributed by atoms with van der Waals surface area (Å²) in [6.45, 7) is 4.64. The van der Waals surface area contributed by atoms with E-state index < -0.39 is 42.3 Å². The lowest BCUT2D eigenvalue weighted by Gasteiger charge is -2.24. The molecule has 0 spiro atoms. The Kier molecular flexibility index (Phi) is 9.93. The standard InChI is InChI=1S/C23H31ClO8/c1-13(10-21(27)28)9-18(26)23-20-11-17(31-23)8-7-16(24)6-4-5-14(2)19(30-15(3)25)12-22(29)32-20/h5-6,9,17-20,23,26H,4,7-8,10-12H2,1-3H3,(H,27,28)/b13-9+,14-5?,16-6-/t17?,18-,19+,20?,23+/m1/s1. The number of ether oxygens (including phenoxy) is 3. The molecule has 8 nitrogen and oxygen atoms in total. The SMILES string of the molecule is CC(=O)O[C@H]1CC(=O)OC2CC(CC/C(Cl)=C/CC=C1C)O[C@H]2[C@H](O)/C=C(\C)CC(=O)O. The Morgan fingerprint density at radius 3 is 2.72 bits per heavy atom. The van der Waals surface area contributed by atoms with Gasteiger partial charge in [0.1, 0.15) is 24.4 Å². The first-order valence-electron chi connectivity index (χ1n) is 10.7.